The fourth-order valence-electron chi connectivity index (χ4n) is 2.22. The summed E-state index contributed by atoms with van der Waals surface area (Å²) in [6.45, 7) is 1.49. The van der Waals surface area contributed by atoms with Gasteiger partial charge >= 0.3 is 12.1 Å². The van der Waals surface area contributed by atoms with Crippen LogP contribution in [0.15, 0.2) is 30.9 Å². The van der Waals surface area contributed by atoms with Crippen molar-refractivity contribution in [3.05, 3.63) is 36.7 Å². The van der Waals surface area contributed by atoms with Gasteiger partial charge in [0, 0.05) is 25.0 Å². The number of rotatable bonds is 7. The first-order valence-corrected chi connectivity index (χ1v) is 8.15. The Morgan fingerprint density at radius 1 is 1.26 bits per heavy atom. The number of alkyl halides is 3. The summed E-state index contributed by atoms with van der Waals surface area (Å²) in [5.41, 5.74) is 6.08. The second-order valence-electron chi connectivity index (χ2n) is 6.01. The van der Waals surface area contributed by atoms with Crippen LogP contribution in [-0.2, 0) is 16.9 Å². The van der Waals surface area contributed by atoms with Crippen LogP contribution in [0, 0.1) is 0 Å². The van der Waals surface area contributed by atoms with E-state index in [2.05, 4.69) is 25.5 Å². The number of halogens is 3. The summed E-state index contributed by atoms with van der Waals surface area (Å²) < 4.78 is 31.7. The minimum absolute atomic E-state index is 0.0527. The molecule has 27 heavy (non-hydrogen) atoms. The minimum atomic E-state index is -5.08. The van der Waals surface area contributed by atoms with Gasteiger partial charge in [0.05, 0.1) is 24.5 Å². The van der Waals surface area contributed by atoms with Gasteiger partial charge in [-0.2, -0.15) is 28.2 Å². The summed E-state index contributed by atoms with van der Waals surface area (Å²) in [4.78, 5) is 19.2. The molecule has 1 saturated carbocycles. The van der Waals surface area contributed by atoms with Crippen molar-refractivity contribution in [2.24, 2.45) is 5.73 Å². The maximum absolute atomic E-state index is 10.6. The van der Waals surface area contributed by atoms with Gasteiger partial charge in [0.15, 0.2) is 0 Å². The molecule has 0 aliphatic heterocycles. The Balaban J connectivity index is 0.000000321. The molecule has 12 heteroatoms. The smallest absolute Gasteiger partial charge is 0.475 e. The van der Waals surface area contributed by atoms with Crippen molar-refractivity contribution in [1.82, 2.24) is 30.3 Å². The lowest BCUT2D eigenvalue weighted by Crippen LogP contribution is -2.41. The molecule has 1 aliphatic rings. The quantitative estimate of drug-likeness (QED) is 0.633. The van der Waals surface area contributed by atoms with Crippen molar-refractivity contribution >= 4 is 5.97 Å². The SMILES string of the molecule is NC(CCn1nccn1)CNC1(c2ncccn2)CC1.O=C(O)C(F)(F)F. The maximum Gasteiger partial charge on any atom is 0.490 e. The van der Waals surface area contributed by atoms with Gasteiger partial charge in [-0.05, 0) is 25.3 Å². The fourth-order valence-corrected chi connectivity index (χ4v) is 2.22. The molecule has 0 spiro atoms. The van der Waals surface area contributed by atoms with Crippen LogP contribution in [-0.4, -0.2) is 54.8 Å². The second kappa shape index (κ2) is 8.86. The van der Waals surface area contributed by atoms with Gasteiger partial charge in [-0.3, -0.25) is 0 Å². The van der Waals surface area contributed by atoms with E-state index in [0.717, 1.165) is 38.2 Å². The molecule has 0 saturated heterocycles. The highest BCUT2D eigenvalue weighted by atomic mass is 19.4. The highest BCUT2D eigenvalue weighted by molar-refractivity contribution is 5.73. The number of hydrogen-bond acceptors (Lipinski definition) is 7. The number of hydrogen-bond donors (Lipinski definition) is 3. The molecule has 4 N–H and O–H groups in total. The lowest BCUT2D eigenvalue weighted by atomic mass is 10.2. The molecule has 2 aromatic heterocycles. The molecule has 3 rings (SSSR count). The third-order valence-electron chi connectivity index (χ3n) is 3.86. The summed E-state index contributed by atoms with van der Waals surface area (Å²) in [5, 5.41) is 18.8. The van der Waals surface area contributed by atoms with Gasteiger partial charge in [0.25, 0.3) is 0 Å². The summed E-state index contributed by atoms with van der Waals surface area (Å²) in [6.07, 6.45) is 4.83. The molecule has 2 aromatic rings. The van der Waals surface area contributed by atoms with Crippen LogP contribution in [0.1, 0.15) is 25.1 Å². The van der Waals surface area contributed by atoms with Crippen molar-refractivity contribution in [3.8, 4) is 0 Å². The first-order valence-electron chi connectivity index (χ1n) is 8.15. The number of nitrogens with one attached hydrogen (secondary N) is 1. The van der Waals surface area contributed by atoms with Crippen LogP contribution < -0.4 is 11.1 Å². The summed E-state index contributed by atoms with van der Waals surface area (Å²) >= 11 is 0. The van der Waals surface area contributed by atoms with Crippen LogP contribution in [0.4, 0.5) is 13.2 Å². The van der Waals surface area contributed by atoms with Gasteiger partial charge in [0.1, 0.15) is 5.82 Å². The van der Waals surface area contributed by atoms with Gasteiger partial charge in [-0.25, -0.2) is 14.8 Å². The van der Waals surface area contributed by atoms with E-state index in [1.165, 1.54) is 0 Å². The number of carboxylic acid groups (broad SMARTS) is 1. The van der Waals surface area contributed by atoms with Crippen LogP contribution in [0.2, 0.25) is 0 Å². The molecular weight excluding hydrogens is 367 g/mol. The molecule has 1 unspecified atom stereocenters. The maximum atomic E-state index is 10.6. The average molecular weight is 387 g/mol. The topological polar surface area (TPSA) is 132 Å². The monoisotopic (exact) mass is 387 g/mol. The predicted octanol–water partition coefficient (Wildman–Crippen LogP) is 0.698. The standard InChI is InChI=1S/C13H19N7.C2HF3O2/c14-11(2-9-20-18-7-8-19-20)10-17-13(3-4-13)12-15-5-1-6-16-12;3-2(4,5)1(6)7/h1,5-8,11,17H,2-4,9-10,14H2;(H,6,7). The highest BCUT2D eigenvalue weighted by Crippen LogP contribution is 2.43. The number of carbonyl (C=O) groups is 1. The minimum Gasteiger partial charge on any atom is -0.475 e. The predicted molar refractivity (Wildman–Crippen MR) is 87.3 cm³/mol. The van der Waals surface area contributed by atoms with Crippen molar-refractivity contribution in [3.63, 3.8) is 0 Å². The van der Waals surface area contributed by atoms with Crippen LogP contribution in [0.3, 0.4) is 0 Å². The van der Waals surface area contributed by atoms with Crippen LogP contribution >= 0.6 is 0 Å². The molecular formula is C15H20F3N7O2. The lowest BCUT2D eigenvalue weighted by Gasteiger charge is -2.19. The van der Waals surface area contributed by atoms with Crippen molar-refractivity contribution < 1.29 is 23.1 Å². The summed E-state index contributed by atoms with van der Waals surface area (Å²) in [5.74, 6) is -1.88. The van der Waals surface area contributed by atoms with E-state index in [0.29, 0.717) is 0 Å². The van der Waals surface area contributed by atoms with Gasteiger partial charge in [0.2, 0.25) is 0 Å². The number of carboxylic acids is 1. The molecule has 1 aliphatic carbocycles. The zero-order chi connectivity index (χ0) is 19.9. The Kier molecular flexibility index (Phi) is 6.80. The summed E-state index contributed by atoms with van der Waals surface area (Å²) in [7, 11) is 0. The number of nitrogens with zero attached hydrogens (tertiary/aromatic N) is 5. The first-order chi connectivity index (χ1) is 12.7. The lowest BCUT2D eigenvalue weighted by molar-refractivity contribution is -0.192. The molecule has 0 amide bonds. The zero-order valence-corrected chi connectivity index (χ0v) is 14.3. The first kappa shape index (κ1) is 20.7. The van der Waals surface area contributed by atoms with E-state index in [1.807, 2.05) is 6.07 Å². The fraction of sp³-hybridized carbons (Fsp3) is 0.533. The normalized spacial score (nSPS) is 16.1. The van der Waals surface area contributed by atoms with E-state index >= 15 is 0 Å². The second-order valence-corrected chi connectivity index (χ2v) is 6.01. The van der Waals surface area contributed by atoms with Gasteiger partial charge < -0.3 is 16.2 Å². The summed E-state index contributed by atoms with van der Waals surface area (Å²) in [6, 6.07) is 1.91. The molecule has 0 radical (unpaired) electrons. The molecule has 148 valence electrons. The Morgan fingerprint density at radius 3 is 2.30 bits per heavy atom. The molecule has 1 atom stereocenters. The van der Waals surface area contributed by atoms with E-state index in [-0.39, 0.29) is 11.6 Å². The molecule has 2 heterocycles. The van der Waals surface area contributed by atoms with Crippen LogP contribution in [0.5, 0.6) is 0 Å². The Bertz CT molecular complexity index is 706. The van der Waals surface area contributed by atoms with E-state index in [9.17, 15) is 13.2 Å². The number of nitrogens with two attached hydrogens (primary N) is 1. The van der Waals surface area contributed by atoms with Gasteiger partial charge in [-0.15, -0.1) is 0 Å². The molecule has 0 aromatic carbocycles. The van der Waals surface area contributed by atoms with Crippen molar-refractivity contribution in [2.75, 3.05) is 6.54 Å². The van der Waals surface area contributed by atoms with Crippen LogP contribution in [0.25, 0.3) is 0 Å². The Morgan fingerprint density at radius 2 is 1.81 bits per heavy atom. The Labute approximate surface area is 152 Å². The zero-order valence-electron chi connectivity index (χ0n) is 14.3. The highest BCUT2D eigenvalue weighted by Gasteiger charge is 2.46. The third-order valence-corrected chi connectivity index (χ3v) is 3.86. The van der Waals surface area contributed by atoms with Crippen molar-refractivity contribution in [2.45, 2.75) is 43.6 Å². The largest absolute Gasteiger partial charge is 0.490 e. The number of aromatic nitrogens is 5. The molecule has 9 nitrogen and oxygen atoms in total. The van der Waals surface area contributed by atoms with E-state index in [1.54, 1.807) is 29.6 Å². The molecule has 0 bridgehead atoms. The number of aliphatic carboxylic acids is 1. The van der Waals surface area contributed by atoms with Gasteiger partial charge in [-0.1, -0.05) is 0 Å². The van der Waals surface area contributed by atoms with E-state index in [4.69, 9.17) is 15.6 Å². The van der Waals surface area contributed by atoms with Crippen molar-refractivity contribution in [1.29, 1.82) is 0 Å². The van der Waals surface area contributed by atoms with E-state index < -0.39 is 12.1 Å². The average Bonchev–Trinajstić information content (AvgIpc) is 3.25. The third kappa shape index (κ3) is 6.57. The number of aryl methyl sites for hydroxylation is 1. The molecule has 1 fully saturated rings. The Hall–Kier alpha value is -2.60.